The number of rotatable bonds is 4. The lowest BCUT2D eigenvalue weighted by Crippen LogP contribution is -1.97. The summed E-state index contributed by atoms with van der Waals surface area (Å²) in [6.45, 7) is 0.298. The Balaban J connectivity index is 2.05. The summed E-state index contributed by atoms with van der Waals surface area (Å²) in [7, 11) is 1.60. The van der Waals surface area contributed by atoms with Crippen LogP contribution in [0.1, 0.15) is 5.56 Å². The lowest BCUT2D eigenvalue weighted by Gasteiger charge is -2.07. The van der Waals surface area contributed by atoms with Gasteiger partial charge in [0, 0.05) is 6.07 Å². The van der Waals surface area contributed by atoms with Crippen LogP contribution in [0.5, 0.6) is 11.5 Å². The molecule has 2 rings (SSSR count). The molecule has 0 saturated heterocycles. The molecular formula is C14H12FO2. The molecule has 0 N–H and O–H groups in total. The van der Waals surface area contributed by atoms with Crippen LogP contribution in [-0.2, 0) is 6.61 Å². The summed E-state index contributed by atoms with van der Waals surface area (Å²) < 4.78 is 23.7. The van der Waals surface area contributed by atoms with Gasteiger partial charge in [-0.2, -0.15) is 0 Å². The quantitative estimate of drug-likeness (QED) is 0.804. The average Bonchev–Trinajstić information content (AvgIpc) is 2.38. The number of methoxy groups -OCH3 is 1. The van der Waals surface area contributed by atoms with Crippen LogP contribution in [0.15, 0.2) is 42.5 Å². The van der Waals surface area contributed by atoms with Crippen molar-refractivity contribution in [2.45, 2.75) is 6.61 Å². The van der Waals surface area contributed by atoms with Crippen molar-refractivity contribution >= 4 is 0 Å². The van der Waals surface area contributed by atoms with Gasteiger partial charge in [-0.15, -0.1) is 0 Å². The standard InChI is InChI=1S/C14H12FO2/c1-16-12-6-4-5-11(9-12)10-17-14-8-3-2-7-13(14)15/h2-6,8-9H,10H2,1H3. The zero-order valence-electron chi connectivity index (χ0n) is 9.44. The Morgan fingerprint density at radius 3 is 2.88 bits per heavy atom. The lowest BCUT2D eigenvalue weighted by atomic mass is 10.2. The predicted octanol–water partition coefficient (Wildman–Crippen LogP) is 3.21. The highest BCUT2D eigenvalue weighted by Gasteiger charge is 2.02. The fourth-order valence-electron chi connectivity index (χ4n) is 1.44. The van der Waals surface area contributed by atoms with Gasteiger partial charge in [0.1, 0.15) is 12.4 Å². The fraction of sp³-hybridized carbons (Fsp3) is 0.143. The van der Waals surface area contributed by atoms with Crippen molar-refractivity contribution in [3.63, 3.8) is 0 Å². The molecule has 2 aromatic carbocycles. The number of halogens is 1. The van der Waals surface area contributed by atoms with Crippen molar-refractivity contribution in [3.8, 4) is 11.5 Å². The highest BCUT2D eigenvalue weighted by molar-refractivity contribution is 5.29. The molecule has 0 bridgehead atoms. The molecule has 0 heterocycles. The minimum Gasteiger partial charge on any atom is -0.497 e. The third-order valence-corrected chi connectivity index (χ3v) is 2.30. The second-order valence-electron chi connectivity index (χ2n) is 3.49. The molecular weight excluding hydrogens is 219 g/mol. The van der Waals surface area contributed by atoms with Crippen molar-refractivity contribution in [1.29, 1.82) is 0 Å². The minimum atomic E-state index is -0.476. The second-order valence-corrected chi connectivity index (χ2v) is 3.49. The van der Waals surface area contributed by atoms with E-state index in [0.29, 0.717) is 6.61 Å². The van der Waals surface area contributed by atoms with Crippen LogP contribution in [0.3, 0.4) is 0 Å². The second kappa shape index (κ2) is 5.34. The first-order chi connectivity index (χ1) is 8.29. The Hall–Kier alpha value is -2.03. The molecule has 87 valence electrons. The van der Waals surface area contributed by atoms with E-state index in [4.69, 9.17) is 9.47 Å². The fourth-order valence-corrected chi connectivity index (χ4v) is 1.44. The molecule has 0 spiro atoms. The van der Waals surface area contributed by atoms with E-state index in [0.717, 1.165) is 11.3 Å². The summed E-state index contributed by atoms with van der Waals surface area (Å²) in [5.41, 5.74) is 0.924. The Morgan fingerprint density at radius 2 is 2.12 bits per heavy atom. The third kappa shape index (κ3) is 2.97. The van der Waals surface area contributed by atoms with Crippen LogP contribution < -0.4 is 9.47 Å². The zero-order chi connectivity index (χ0) is 12.1. The molecule has 2 aromatic rings. The lowest BCUT2D eigenvalue weighted by molar-refractivity contribution is 0.289. The summed E-state index contributed by atoms with van der Waals surface area (Å²) in [5, 5.41) is 0. The van der Waals surface area contributed by atoms with Gasteiger partial charge in [-0.05, 0) is 23.8 Å². The molecule has 2 nitrogen and oxygen atoms in total. The van der Waals surface area contributed by atoms with Crippen molar-refractivity contribution in [3.05, 3.63) is 59.9 Å². The van der Waals surface area contributed by atoms with Crippen LogP contribution >= 0.6 is 0 Å². The maximum absolute atomic E-state index is 13.2. The van der Waals surface area contributed by atoms with Gasteiger partial charge in [-0.3, -0.25) is 0 Å². The van der Waals surface area contributed by atoms with E-state index in [-0.39, 0.29) is 5.75 Å². The number of ether oxygens (including phenoxy) is 2. The molecule has 0 aliphatic heterocycles. The minimum absolute atomic E-state index is 0.204. The van der Waals surface area contributed by atoms with Gasteiger partial charge in [0.25, 0.3) is 0 Å². The van der Waals surface area contributed by atoms with Gasteiger partial charge in [0.2, 0.25) is 0 Å². The van der Waals surface area contributed by atoms with E-state index in [9.17, 15) is 4.39 Å². The highest BCUT2D eigenvalue weighted by Crippen LogP contribution is 2.18. The van der Waals surface area contributed by atoms with E-state index in [1.54, 1.807) is 19.2 Å². The van der Waals surface area contributed by atoms with Gasteiger partial charge in [0.15, 0.2) is 11.6 Å². The van der Waals surface area contributed by atoms with Crippen LogP contribution in [0.4, 0.5) is 4.39 Å². The molecule has 0 amide bonds. The van der Waals surface area contributed by atoms with E-state index >= 15 is 0 Å². The maximum Gasteiger partial charge on any atom is 0.172 e. The van der Waals surface area contributed by atoms with Crippen LogP contribution in [-0.4, -0.2) is 7.11 Å². The first-order valence-corrected chi connectivity index (χ1v) is 5.21. The summed E-state index contributed by atoms with van der Waals surface area (Å²) in [4.78, 5) is 0. The maximum atomic E-state index is 13.2. The molecule has 0 aliphatic rings. The molecule has 1 radical (unpaired) electrons. The normalized spacial score (nSPS) is 10.0. The van der Waals surface area contributed by atoms with Crippen molar-refractivity contribution in [2.24, 2.45) is 0 Å². The smallest absolute Gasteiger partial charge is 0.172 e. The molecule has 0 saturated carbocycles. The SMILES string of the molecule is COc1cccc(COc2ccc[c]c2F)c1. The predicted molar refractivity (Wildman–Crippen MR) is 62.6 cm³/mol. The Bertz CT molecular complexity index is 497. The number of hydrogen-bond acceptors (Lipinski definition) is 2. The Kier molecular flexibility index (Phi) is 3.60. The number of benzene rings is 2. The number of hydrogen-bond donors (Lipinski definition) is 0. The van der Waals surface area contributed by atoms with Gasteiger partial charge in [-0.25, -0.2) is 4.39 Å². The Labute approximate surface area is 99.6 Å². The molecule has 3 heteroatoms. The van der Waals surface area contributed by atoms with Crippen molar-refractivity contribution in [1.82, 2.24) is 0 Å². The first kappa shape index (κ1) is 11.5. The van der Waals surface area contributed by atoms with Gasteiger partial charge >= 0.3 is 0 Å². The third-order valence-electron chi connectivity index (χ3n) is 2.30. The Morgan fingerprint density at radius 1 is 1.24 bits per heavy atom. The van der Waals surface area contributed by atoms with E-state index in [1.165, 1.54) is 6.07 Å². The monoisotopic (exact) mass is 231 g/mol. The van der Waals surface area contributed by atoms with Crippen molar-refractivity contribution in [2.75, 3.05) is 7.11 Å². The average molecular weight is 231 g/mol. The molecule has 17 heavy (non-hydrogen) atoms. The van der Waals surface area contributed by atoms with Crippen LogP contribution in [0, 0.1) is 11.9 Å². The van der Waals surface area contributed by atoms with Crippen molar-refractivity contribution < 1.29 is 13.9 Å². The summed E-state index contributed by atoms with van der Waals surface area (Å²) in [6, 6.07) is 14.7. The summed E-state index contributed by atoms with van der Waals surface area (Å²) >= 11 is 0. The van der Waals surface area contributed by atoms with E-state index < -0.39 is 5.82 Å². The van der Waals surface area contributed by atoms with E-state index in [1.807, 2.05) is 24.3 Å². The largest absolute Gasteiger partial charge is 0.497 e. The highest BCUT2D eigenvalue weighted by atomic mass is 19.1. The molecule has 0 aliphatic carbocycles. The van der Waals surface area contributed by atoms with Gasteiger partial charge in [0.05, 0.1) is 7.11 Å². The molecule has 0 atom stereocenters. The molecule has 0 aromatic heterocycles. The summed E-state index contributed by atoms with van der Waals surface area (Å²) in [5.74, 6) is 0.483. The van der Waals surface area contributed by atoms with Crippen LogP contribution in [0.2, 0.25) is 0 Å². The molecule has 0 unspecified atom stereocenters. The topological polar surface area (TPSA) is 18.5 Å². The van der Waals surface area contributed by atoms with Crippen LogP contribution in [0.25, 0.3) is 0 Å². The summed E-state index contributed by atoms with van der Waals surface area (Å²) in [6.07, 6.45) is 0. The van der Waals surface area contributed by atoms with Gasteiger partial charge in [-0.1, -0.05) is 24.3 Å². The van der Waals surface area contributed by atoms with E-state index in [2.05, 4.69) is 6.07 Å². The first-order valence-electron chi connectivity index (χ1n) is 5.21. The zero-order valence-corrected chi connectivity index (χ0v) is 9.44. The van der Waals surface area contributed by atoms with Gasteiger partial charge < -0.3 is 9.47 Å². The molecule has 0 fully saturated rings.